The first-order valence-electron chi connectivity index (χ1n) is 7.35. The summed E-state index contributed by atoms with van der Waals surface area (Å²) in [5, 5.41) is 1.98. The number of rotatable bonds is 4. The number of hydrogen-bond acceptors (Lipinski definition) is 1. The highest BCUT2D eigenvalue weighted by Gasteiger charge is 2.62. The minimum absolute atomic E-state index is 0.636. The van der Waals surface area contributed by atoms with Gasteiger partial charge in [0.2, 0.25) is 0 Å². The van der Waals surface area contributed by atoms with Crippen molar-refractivity contribution in [3.63, 3.8) is 0 Å². The van der Waals surface area contributed by atoms with Crippen LogP contribution in [0.2, 0.25) is 0 Å². The second-order valence-electron chi connectivity index (χ2n) is 5.39. The molecule has 1 nitrogen and oxygen atoms in total. The molecule has 0 aliphatic carbocycles. The second kappa shape index (κ2) is 6.17. The molecule has 2 aromatic carbocycles. The van der Waals surface area contributed by atoms with Gasteiger partial charge in [-0.25, -0.2) is 0 Å². The van der Waals surface area contributed by atoms with E-state index in [1.165, 1.54) is 0 Å². The van der Waals surface area contributed by atoms with Gasteiger partial charge in [-0.05, 0) is 36.4 Å². The third kappa shape index (κ3) is 2.66. The van der Waals surface area contributed by atoms with Crippen molar-refractivity contribution in [1.82, 2.24) is 4.98 Å². The van der Waals surface area contributed by atoms with Gasteiger partial charge >= 0.3 is 5.66 Å². The number of aromatic nitrogens is 1. The Morgan fingerprint density at radius 3 is 1.48 bits per heavy atom. The number of alkyl halides is 2. The van der Waals surface area contributed by atoms with E-state index in [1.54, 1.807) is 48.8 Å². The largest absolute Gasteiger partial charge is 0.365 e. The number of nitrogens with zero attached hydrogens (tertiary/aromatic N) is 1. The van der Waals surface area contributed by atoms with Crippen LogP contribution in [-0.2, 0) is 0 Å². The van der Waals surface area contributed by atoms with Crippen molar-refractivity contribution >= 4 is 23.2 Å². The minimum Gasteiger partial charge on any atom is -0.264 e. The molecule has 0 aliphatic rings. The molecule has 0 saturated heterocycles. The van der Waals surface area contributed by atoms with E-state index in [2.05, 4.69) is 4.98 Å². The summed E-state index contributed by atoms with van der Waals surface area (Å²) >= 11 is 0. The predicted octanol–water partition coefficient (Wildman–Crippen LogP) is 3.99. The molecule has 0 saturated carbocycles. The van der Waals surface area contributed by atoms with Gasteiger partial charge in [0.05, 0.1) is 0 Å². The molecule has 1 heterocycles. The van der Waals surface area contributed by atoms with Gasteiger partial charge in [0.1, 0.15) is 15.9 Å². The Morgan fingerprint density at radius 1 is 0.696 bits per heavy atom. The lowest BCUT2D eigenvalue weighted by atomic mass is 10.4. The fourth-order valence-corrected chi connectivity index (χ4v) is 7.07. The maximum atomic E-state index is 15.1. The van der Waals surface area contributed by atoms with Gasteiger partial charge in [0.15, 0.2) is 7.26 Å². The lowest BCUT2D eigenvalue weighted by molar-refractivity contribution is 0.121. The van der Waals surface area contributed by atoms with Crippen molar-refractivity contribution in [2.45, 2.75) is 12.6 Å². The van der Waals surface area contributed by atoms with Gasteiger partial charge < -0.3 is 0 Å². The molecule has 4 heteroatoms. The van der Waals surface area contributed by atoms with E-state index < -0.39 is 12.9 Å². The van der Waals surface area contributed by atoms with Crippen molar-refractivity contribution in [2.24, 2.45) is 0 Å². The topological polar surface area (TPSA) is 12.9 Å². The van der Waals surface area contributed by atoms with E-state index in [-0.39, 0.29) is 0 Å². The van der Waals surface area contributed by atoms with Crippen LogP contribution in [0.5, 0.6) is 0 Å². The standard InChI is InChI=1S/C19H17F2NP/c1-19(20,21)23(16-8-4-2-5-9-16,17-10-6-3-7-11-17)18-12-14-22-15-13-18/h2-15H,1H3/q+1. The molecule has 0 bridgehead atoms. The first-order chi connectivity index (χ1) is 11.1. The van der Waals surface area contributed by atoms with Crippen LogP contribution in [0.25, 0.3) is 0 Å². The predicted molar refractivity (Wildman–Crippen MR) is 93.6 cm³/mol. The van der Waals surface area contributed by atoms with Crippen LogP contribution in [0.1, 0.15) is 6.92 Å². The zero-order valence-electron chi connectivity index (χ0n) is 12.7. The highest BCUT2D eigenvalue weighted by molar-refractivity contribution is 7.96. The maximum Gasteiger partial charge on any atom is 0.365 e. The highest BCUT2D eigenvalue weighted by Crippen LogP contribution is 2.67. The molecule has 0 N–H and O–H groups in total. The highest BCUT2D eigenvalue weighted by atomic mass is 31.2. The lowest BCUT2D eigenvalue weighted by Crippen LogP contribution is -2.41. The molecule has 1 aromatic heterocycles. The minimum atomic E-state index is -3.11. The van der Waals surface area contributed by atoms with Gasteiger partial charge in [-0.3, -0.25) is 4.98 Å². The molecule has 23 heavy (non-hydrogen) atoms. The van der Waals surface area contributed by atoms with Crippen molar-refractivity contribution in [3.05, 3.63) is 85.2 Å². The summed E-state index contributed by atoms with van der Waals surface area (Å²) < 4.78 is 30.3. The molecule has 116 valence electrons. The van der Waals surface area contributed by atoms with Crippen LogP contribution in [-0.4, -0.2) is 10.6 Å². The van der Waals surface area contributed by atoms with E-state index in [0.717, 1.165) is 6.92 Å². The fourth-order valence-electron chi connectivity index (χ4n) is 3.00. The molecule has 0 spiro atoms. The Kier molecular flexibility index (Phi) is 4.23. The summed E-state index contributed by atoms with van der Waals surface area (Å²) in [6, 6.07) is 21.6. The van der Waals surface area contributed by atoms with E-state index in [1.807, 2.05) is 36.4 Å². The normalized spacial score (nSPS) is 12.1. The molecule has 0 atom stereocenters. The molecular formula is C19H17F2NP+. The van der Waals surface area contributed by atoms with E-state index in [9.17, 15) is 0 Å². The molecule has 0 unspecified atom stereocenters. The zero-order valence-corrected chi connectivity index (χ0v) is 13.6. The van der Waals surface area contributed by atoms with Crippen LogP contribution >= 0.6 is 7.26 Å². The van der Waals surface area contributed by atoms with Gasteiger partial charge in [-0.1, -0.05) is 36.4 Å². The summed E-state index contributed by atoms with van der Waals surface area (Å²) in [6.07, 6.45) is 3.17. The van der Waals surface area contributed by atoms with Crippen LogP contribution in [0.3, 0.4) is 0 Å². The van der Waals surface area contributed by atoms with E-state index in [0.29, 0.717) is 15.9 Å². The van der Waals surface area contributed by atoms with Gasteiger partial charge in [0.25, 0.3) is 0 Å². The lowest BCUT2D eigenvalue weighted by Gasteiger charge is -2.31. The molecule has 0 radical (unpaired) electrons. The number of hydrogen-bond donors (Lipinski definition) is 0. The Hall–Kier alpha value is -2.12. The third-order valence-electron chi connectivity index (χ3n) is 3.93. The third-order valence-corrected chi connectivity index (χ3v) is 8.32. The van der Waals surface area contributed by atoms with Crippen LogP contribution in [0.4, 0.5) is 8.78 Å². The number of benzene rings is 2. The Balaban J connectivity index is 2.41. The molecular weight excluding hydrogens is 311 g/mol. The molecule has 3 aromatic rings. The Bertz CT molecular complexity index is 659. The monoisotopic (exact) mass is 328 g/mol. The molecule has 0 amide bonds. The van der Waals surface area contributed by atoms with Gasteiger partial charge in [-0.15, -0.1) is 0 Å². The van der Waals surface area contributed by atoms with Crippen LogP contribution in [0.15, 0.2) is 85.2 Å². The van der Waals surface area contributed by atoms with Crippen molar-refractivity contribution in [2.75, 3.05) is 0 Å². The Labute approximate surface area is 135 Å². The van der Waals surface area contributed by atoms with Crippen LogP contribution < -0.4 is 15.9 Å². The smallest absolute Gasteiger partial charge is 0.264 e. The molecule has 0 aliphatic heterocycles. The SMILES string of the molecule is CC(F)(F)[P+](c1ccccc1)(c1ccccc1)c1ccncc1. The first kappa shape index (κ1) is 15.8. The molecule has 3 rings (SSSR count). The van der Waals surface area contributed by atoms with Crippen LogP contribution in [0, 0.1) is 0 Å². The van der Waals surface area contributed by atoms with Crippen molar-refractivity contribution in [3.8, 4) is 0 Å². The molecule has 0 fully saturated rings. The van der Waals surface area contributed by atoms with Gasteiger partial charge in [-0.2, -0.15) is 8.78 Å². The summed E-state index contributed by atoms with van der Waals surface area (Å²) in [4.78, 5) is 4.00. The van der Waals surface area contributed by atoms with Crippen molar-refractivity contribution in [1.29, 1.82) is 0 Å². The fraction of sp³-hybridized carbons (Fsp3) is 0.105. The Morgan fingerprint density at radius 2 is 1.09 bits per heavy atom. The number of halogens is 2. The maximum absolute atomic E-state index is 15.1. The summed E-state index contributed by atoms with van der Waals surface area (Å²) in [7, 11) is -3.11. The van der Waals surface area contributed by atoms with E-state index in [4.69, 9.17) is 0 Å². The summed E-state index contributed by atoms with van der Waals surface area (Å²) in [5.41, 5.74) is -2.89. The second-order valence-corrected chi connectivity index (χ2v) is 9.07. The first-order valence-corrected chi connectivity index (χ1v) is 9.14. The van der Waals surface area contributed by atoms with Gasteiger partial charge in [0, 0.05) is 19.3 Å². The van der Waals surface area contributed by atoms with Crippen molar-refractivity contribution < 1.29 is 8.78 Å². The number of pyridine rings is 1. The summed E-state index contributed by atoms with van der Waals surface area (Å²) in [6.45, 7) is 1.03. The average molecular weight is 328 g/mol. The average Bonchev–Trinajstić information content (AvgIpc) is 2.57. The summed E-state index contributed by atoms with van der Waals surface area (Å²) in [5.74, 6) is 0. The van der Waals surface area contributed by atoms with E-state index >= 15 is 8.78 Å². The zero-order chi connectivity index (χ0) is 16.3. The quantitative estimate of drug-likeness (QED) is 0.660.